The lowest BCUT2D eigenvalue weighted by Crippen LogP contribution is -2.23. The number of likely N-dealkylation sites (N-methyl/N-ethyl adjacent to an activating group) is 1. The molecule has 0 bridgehead atoms. The number of nitrogens with zero attached hydrogens (tertiary/aromatic N) is 2. The first-order valence-corrected chi connectivity index (χ1v) is 6.63. The Balaban J connectivity index is 2.22. The van der Waals surface area contributed by atoms with Crippen LogP contribution in [0, 0.1) is 0 Å². The predicted molar refractivity (Wildman–Crippen MR) is 80.0 cm³/mol. The average Bonchev–Trinajstić information content (AvgIpc) is 2.45. The molecule has 20 heavy (non-hydrogen) atoms. The molecular formula is C14H24N4O2. The van der Waals surface area contributed by atoms with E-state index >= 15 is 0 Å². The van der Waals surface area contributed by atoms with Crippen molar-refractivity contribution in [1.82, 2.24) is 10.2 Å². The lowest BCUT2D eigenvalue weighted by molar-refractivity contribution is 0.119. The van der Waals surface area contributed by atoms with Crippen molar-refractivity contribution in [3.63, 3.8) is 0 Å². The van der Waals surface area contributed by atoms with E-state index in [-0.39, 0.29) is 5.84 Å². The van der Waals surface area contributed by atoms with E-state index in [4.69, 9.17) is 15.7 Å². The smallest absolute Gasteiger partial charge is 0.170 e. The minimum Gasteiger partial charge on any atom is -0.409 e. The Kier molecular flexibility index (Phi) is 7.64. The van der Waals surface area contributed by atoms with Crippen LogP contribution in [-0.2, 0) is 11.3 Å². The molecule has 0 saturated carbocycles. The van der Waals surface area contributed by atoms with E-state index in [2.05, 4.69) is 15.4 Å². The fourth-order valence-electron chi connectivity index (χ4n) is 1.62. The van der Waals surface area contributed by atoms with Crippen LogP contribution in [-0.4, -0.2) is 56.3 Å². The van der Waals surface area contributed by atoms with E-state index < -0.39 is 0 Å². The second kappa shape index (κ2) is 9.30. The van der Waals surface area contributed by atoms with Crippen LogP contribution in [0.4, 0.5) is 0 Å². The van der Waals surface area contributed by atoms with Crippen LogP contribution >= 0.6 is 0 Å². The van der Waals surface area contributed by atoms with Gasteiger partial charge in [-0.15, -0.1) is 0 Å². The summed E-state index contributed by atoms with van der Waals surface area (Å²) >= 11 is 0. The molecule has 0 radical (unpaired) electrons. The Hall–Kier alpha value is -1.63. The van der Waals surface area contributed by atoms with Gasteiger partial charge in [0.25, 0.3) is 0 Å². The Labute approximate surface area is 120 Å². The van der Waals surface area contributed by atoms with Crippen LogP contribution in [0.15, 0.2) is 29.4 Å². The monoisotopic (exact) mass is 280 g/mol. The van der Waals surface area contributed by atoms with Gasteiger partial charge >= 0.3 is 0 Å². The van der Waals surface area contributed by atoms with Crippen molar-refractivity contribution < 1.29 is 9.94 Å². The quantitative estimate of drug-likeness (QED) is 0.201. The molecule has 1 aromatic rings. The van der Waals surface area contributed by atoms with Crippen molar-refractivity contribution >= 4 is 5.84 Å². The molecule has 6 nitrogen and oxygen atoms in total. The van der Waals surface area contributed by atoms with Crippen LogP contribution in [0.1, 0.15) is 11.1 Å². The van der Waals surface area contributed by atoms with Gasteiger partial charge in [0, 0.05) is 25.2 Å². The summed E-state index contributed by atoms with van der Waals surface area (Å²) in [6, 6.07) is 7.59. The number of nitrogens with one attached hydrogen (secondary N) is 1. The maximum absolute atomic E-state index is 8.64. The standard InChI is InChI=1S/C14H24N4O2/c1-18(2)7-9-20-8-6-16-11-12-4-3-5-13(10-12)14(15)17-19/h3-5,10,16,19H,6-9,11H2,1-2H3,(H2,15,17). The van der Waals surface area contributed by atoms with E-state index in [1.54, 1.807) is 0 Å². The minimum absolute atomic E-state index is 0.124. The molecule has 0 unspecified atom stereocenters. The minimum atomic E-state index is 0.124. The van der Waals surface area contributed by atoms with E-state index in [0.29, 0.717) is 12.2 Å². The Morgan fingerprint density at radius 2 is 2.20 bits per heavy atom. The number of hydrogen-bond donors (Lipinski definition) is 3. The summed E-state index contributed by atoms with van der Waals surface area (Å²) in [5.74, 6) is 0.124. The third-order valence-electron chi connectivity index (χ3n) is 2.77. The molecule has 4 N–H and O–H groups in total. The van der Waals surface area contributed by atoms with E-state index in [9.17, 15) is 0 Å². The zero-order valence-electron chi connectivity index (χ0n) is 12.2. The molecule has 0 aliphatic carbocycles. The topological polar surface area (TPSA) is 83.1 Å². The molecule has 0 heterocycles. The first-order chi connectivity index (χ1) is 9.63. The van der Waals surface area contributed by atoms with Gasteiger partial charge in [-0.1, -0.05) is 23.4 Å². The molecular weight excluding hydrogens is 256 g/mol. The highest BCUT2D eigenvalue weighted by atomic mass is 16.5. The predicted octanol–water partition coefficient (Wildman–Crippen LogP) is 0.449. The molecule has 0 aliphatic heterocycles. The molecule has 0 aliphatic rings. The number of amidine groups is 1. The van der Waals surface area contributed by atoms with E-state index in [1.807, 2.05) is 38.4 Å². The van der Waals surface area contributed by atoms with Crippen molar-refractivity contribution in [3.8, 4) is 0 Å². The van der Waals surface area contributed by atoms with E-state index in [1.165, 1.54) is 0 Å². The van der Waals surface area contributed by atoms with Crippen molar-refractivity contribution in [3.05, 3.63) is 35.4 Å². The van der Waals surface area contributed by atoms with Gasteiger partial charge in [-0.05, 0) is 25.7 Å². The van der Waals surface area contributed by atoms with Gasteiger partial charge in [-0.3, -0.25) is 0 Å². The highest BCUT2D eigenvalue weighted by molar-refractivity contribution is 5.97. The molecule has 0 amide bonds. The number of nitrogens with two attached hydrogens (primary N) is 1. The Bertz CT molecular complexity index is 421. The highest BCUT2D eigenvalue weighted by Gasteiger charge is 2.00. The summed E-state index contributed by atoms with van der Waals surface area (Å²) in [5.41, 5.74) is 7.36. The number of benzene rings is 1. The maximum atomic E-state index is 8.64. The van der Waals surface area contributed by atoms with Gasteiger partial charge < -0.3 is 25.9 Å². The molecule has 0 saturated heterocycles. The van der Waals surface area contributed by atoms with Crippen LogP contribution in [0.3, 0.4) is 0 Å². The lowest BCUT2D eigenvalue weighted by Gasteiger charge is -2.10. The Morgan fingerprint density at radius 3 is 2.90 bits per heavy atom. The summed E-state index contributed by atoms with van der Waals surface area (Å²) in [5, 5.41) is 14.9. The fourth-order valence-corrected chi connectivity index (χ4v) is 1.62. The largest absolute Gasteiger partial charge is 0.409 e. The van der Waals surface area contributed by atoms with Gasteiger partial charge in [-0.2, -0.15) is 0 Å². The number of oxime groups is 1. The van der Waals surface area contributed by atoms with Gasteiger partial charge in [0.2, 0.25) is 0 Å². The maximum Gasteiger partial charge on any atom is 0.170 e. The molecule has 0 spiro atoms. The highest BCUT2D eigenvalue weighted by Crippen LogP contribution is 2.04. The van der Waals surface area contributed by atoms with E-state index in [0.717, 1.165) is 31.8 Å². The first-order valence-electron chi connectivity index (χ1n) is 6.63. The summed E-state index contributed by atoms with van der Waals surface area (Å²) in [7, 11) is 4.05. The third kappa shape index (κ3) is 6.51. The zero-order chi connectivity index (χ0) is 14.8. The molecule has 0 atom stereocenters. The summed E-state index contributed by atoms with van der Waals surface area (Å²) in [6.07, 6.45) is 0. The second-order valence-corrected chi connectivity index (χ2v) is 4.78. The number of hydrogen-bond acceptors (Lipinski definition) is 5. The van der Waals surface area contributed by atoms with Gasteiger partial charge in [0.15, 0.2) is 5.84 Å². The van der Waals surface area contributed by atoms with Crippen LogP contribution in [0.25, 0.3) is 0 Å². The molecule has 1 aromatic carbocycles. The first kappa shape index (κ1) is 16.4. The fraction of sp³-hybridized carbons (Fsp3) is 0.500. The lowest BCUT2D eigenvalue weighted by atomic mass is 10.1. The summed E-state index contributed by atoms with van der Waals surface area (Å²) in [4.78, 5) is 2.09. The van der Waals surface area contributed by atoms with Gasteiger partial charge in [-0.25, -0.2) is 0 Å². The molecule has 112 valence electrons. The van der Waals surface area contributed by atoms with Crippen molar-refractivity contribution in [1.29, 1.82) is 0 Å². The third-order valence-corrected chi connectivity index (χ3v) is 2.77. The van der Waals surface area contributed by atoms with Crippen LogP contribution in [0.5, 0.6) is 0 Å². The van der Waals surface area contributed by atoms with Crippen LogP contribution < -0.4 is 11.1 Å². The number of ether oxygens (including phenoxy) is 1. The second-order valence-electron chi connectivity index (χ2n) is 4.78. The average molecular weight is 280 g/mol. The summed E-state index contributed by atoms with van der Waals surface area (Å²) < 4.78 is 5.49. The van der Waals surface area contributed by atoms with Gasteiger partial charge in [0.05, 0.1) is 13.2 Å². The molecule has 6 heteroatoms. The van der Waals surface area contributed by atoms with Gasteiger partial charge in [0.1, 0.15) is 0 Å². The number of rotatable bonds is 9. The Morgan fingerprint density at radius 1 is 1.40 bits per heavy atom. The molecule has 1 rings (SSSR count). The van der Waals surface area contributed by atoms with Crippen LogP contribution in [0.2, 0.25) is 0 Å². The normalized spacial score (nSPS) is 12.1. The van der Waals surface area contributed by atoms with Crippen molar-refractivity contribution in [2.75, 3.05) is 40.4 Å². The summed E-state index contributed by atoms with van der Waals surface area (Å²) in [6.45, 7) is 3.88. The van der Waals surface area contributed by atoms with Crippen molar-refractivity contribution in [2.24, 2.45) is 10.9 Å². The zero-order valence-corrected chi connectivity index (χ0v) is 12.2. The van der Waals surface area contributed by atoms with Crippen molar-refractivity contribution in [2.45, 2.75) is 6.54 Å². The SMILES string of the molecule is CN(C)CCOCCNCc1cccc(/C(N)=N/O)c1. The molecule has 0 aromatic heterocycles. The molecule has 0 fully saturated rings.